The van der Waals surface area contributed by atoms with Crippen LogP contribution in [0.4, 0.5) is 11.6 Å². The summed E-state index contributed by atoms with van der Waals surface area (Å²) in [5, 5.41) is 3.87. The van der Waals surface area contributed by atoms with E-state index in [0.717, 1.165) is 16.9 Å². The van der Waals surface area contributed by atoms with Crippen LogP contribution in [0.1, 0.15) is 0 Å². The number of benzene rings is 1. The normalized spacial score (nSPS) is 10.3. The summed E-state index contributed by atoms with van der Waals surface area (Å²) in [6.45, 7) is 0. The Balaban J connectivity index is 2.41. The molecule has 0 saturated heterocycles. The van der Waals surface area contributed by atoms with Crippen molar-refractivity contribution in [1.82, 2.24) is 5.16 Å². The van der Waals surface area contributed by atoms with Crippen molar-refractivity contribution >= 4 is 11.6 Å². The van der Waals surface area contributed by atoms with Crippen molar-refractivity contribution < 1.29 is 4.52 Å². The Morgan fingerprint density at radius 2 is 2.07 bits per heavy atom. The molecular formula is C11H13N3O. The maximum absolute atomic E-state index is 5.47. The van der Waals surface area contributed by atoms with Crippen molar-refractivity contribution in [3.63, 3.8) is 0 Å². The summed E-state index contributed by atoms with van der Waals surface area (Å²) in [6.07, 6.45) is 0. The van der Waals surface area contributed by atoms with Gasteiger partial charge in [-0.1, -0.05) is 17.3 Å². The molecule has 1 aromatic heterocycles. The van der Waals surface area contributed by atoms with Crippen LogP contribution in [0.15, 0.2) is 34.9 Å². The van der Waals surface area contributed by atoms with E-state index in [9.17, 15) is 0 Å². The quantitative estimate of drug-likeness (QED) is 0.811. The van der Waals surface area contributed by atoms with E-state index in [-0.39, 0.29) is 0 Å². The fourth-order valence-electron chi connectivity index (χ4n) is 1.37. The van der Waals surface area contributed by atoms with Crippen LogP contribution in [0.25, 0.3) is 11.3 Å². The molecule has 0 saturated carbocycles. The second-order valence-corrected chi connectivity index (χ2v) is 3.56. The maximum Gasteiger partial charge on any atom is 0.222 e. The molecule has 0 fully saturated rings. The number of nitrogen functional groups attached to an aromatic ring is 1. The van der Waals surface area contributed by atoms with Crippen LogP contribution in [-0.4, -0.2) is 19.3 Å². The van der Waals surface area contributed by atoms with Crippen LogP contribution in [0.2, 0.25) is 0 Å². The molecule has 2 N–H and O–H groups in total. The average molecular weight is 203 g/mol. The van der Waals surface area contributed by atoms with Gasteiger partial charge in [0.15, 0.2) is 0 Å². The van der Waals surface area contributed by atoms with E-state index in [1.165, 1.54) is 0 Å². The third-order valence-corrected chi connectivity index (χ3v) is 2.19. The maximum atomic E-state index is 5.47. The van der Waals surface area contributed by atoms with Crippen LogP contribution >= 0.6 is 0 Å². The van der Waals surface area contributed by atoms with Crippen molar-refractivity contribution in [3.05, 3.63) is 30.3 Å². The Morgan fingerprint density at radius 3 is 2.67 bits per heavy atom. The zero-order chi connectivity index (χ0) is 10.8. The number of anilines is 2. The Hall–Kier alpha value is -1.97. The number of hydrogen-bond acceptors (Lipinski definition) is 4. The van der Waals surface area contributed by atoms with E-state index in [4.69, 9.17) is 10.3 Å². The van der Waals surface area contributed by atoms with Gasteiger partial charge in [-0.05, 0) is 12.1 Å². The molecule has 2 aromatic rings. The molecule has 0 unspecified atom stereocenters. The van der Waals surface area contributed by atoms with Gasteiger partial charge in [-0.2, -0.15) is 0 Å². The van der Waals surface area contributed by atoms with Crippen LogP contribution < -0.4 is 10.6 Å². The Bertz CT molecular complexity index is 462. The first-order valence-electron chi connectivity index (χ1n) is 4.67. The molecule has 1 heterocycles. The van der Waals surface area contributed by atoms with Gasteiger partial charge in [-0.25, -0.2) is 0 Å². The van der Waals surface area contributed by atoms with Gasteiger partial charge in [0.1, 0.15) is 5.69 Å². The summed E-state index contributed by atoms with van der Waals surface area (Å²) >= 11 is 0. The van der Waals surface area contributed by atoms with E-state index < -0.39 is 0 Å². The van der Waals surface area contributed by atoms with Gasteiger partial charge in [0, 0.05) is 31.4 Å². The molecule has 15 heavy (non-hydrogen) atoms. The molecule has 0 bridgehead atoms. The molecule has 0 aliphatic heterocycles. The fraction of sp³-hybridized carbons (Fsp3) is 0.182. The van der Waals surface area contributed by atoms with Gasteiger partial charge < -0.3 is 15.2 Å². The lowest BCUT2D eigenvalue weighted by Crippen LogP contribution is -2.08. The summed E-state index contributed by atoms with van der Waals surface area (Å²) in [4.78, 5) is 2.03. The molecule has 0 aliphatic rings. The second-order valence-electron chi connectivity index (χ2n) is 3.56. The van der Waals surface area contributed by atoms with Crippen LogP contribution in [0, 0.1) is 0 Å². The number of nitrogens with zero attached hydrogens (tertiary/aromatic N) is 2. The Labute approximate surface area is 88.3 Å². The van der Waals surface area contributed by atoms with Crippen molar-refractivity contribution in [3.8, 4) is 11.3 Å². The average Bonchev–Trinajstić information content (AvgIpc) is 2.65. The molecule has 0 amide bonds. The number of hydrogen-bond donors (Lipinski definition) is 1. The first kappa shape index (κ1) is 9.58. The fourth-order valence-corrected chi connectivity index (χ4v) is 1.37. The zero-order valence-electron chi connectivity index (χ0n) is 8.77. The summed E-state index contributed by atoms with van der Waals surface area (Å²) in [5.74, 6) is 0.334. The van der Waals surface area contributed by atoms with Crippen molar-refractivity contribution in [2.75, 3.05) is 24.7 Å². The second kappa shape index (κ2) is 3.65. The lowest BCUT2D eigenvalue weighted by molar-refractivity contribution is 0.439. The smallest absolute Gasteiger partial charge is 0.222 e. The standard InChI is InChI=1S/C11H13N3O/c1-14(2)9-5-3-4-8(6-9)10-7-11(12)15-13-10/h3-7H,12H2,1-2H3. The van der Waals surface area contributed by atoms with Gasteiger partial charge in [-0.3, -0.25) is 0 Å². The predicted molar refractivity (Wildman–Crippen MR) is 60.7 cm³/mol. The molecule has 0 spiro atoms. The molecule has 4 nitrogen and oxygen atoms in total. The van der Waals surface area contributed by atoms with Gasteiger partial charge in [0.05, 0.1) is 0 Å². The zero-order valence-corrected chi connectivity index (χ0v) is 8.77. The Morgan fingerprint density at radius 1 is 1.27 bits per heavy atom. The molecule has 78 valence electrons. The van der Waals surface area contributed by atoms with Gasteiger partial charge in [0.2, 0.25) is 5.88 Å². The molecule has 2 rings (SSSR count). The van der Waals surface area contributed by atoms with Gasteiger partial charge in [0.25, 0.3) is 0 Å². The highest BCUT2D eigenvalue weighted by Crippen LogP contribution is 2.23. The molecule has 1 aromatic carbocycles. The highest BCUT2D eigenvalue weighted by atomic mass is 16.5. The van der Waals surface area contributed by atoms with Crippen molar-refractivity contribution in [2.45, 2.75) is 0 Å². The van der Waals surface area contributed by atoms with E-state index in [1.807, 2.05) is 43.3 Å². The number of nitrogens with two attached hydrogens (primary N) is 1. The van der Waals surface area contributed by atoms with Crippen LogP contribution in [-0.2, 0) is 0 Å². The van der Waals surface area contributed by atoms with E-state index in [0.29, 0.717) is 5.88 Å². The minimum atomic E-state index is 0.334. The lowest BCUT2D eigenvalue weighted by atomic mass is 10.1. The van der Waals surface area contributed by atoms with Crippen LogP contribution in [0.5, 0.6) is 0 Å². The topological polar surface area (TPSA) is 55.3 Å². The SMILES string of the molecule is CN(C)c1cccc(-c2cc(N)on2)c1. The molecule has 4 heteroatoms. The minimum absolute atomic E-state index is 0.334. The highest BCUT2D eigenvalue weighted by Gasteiger charge is 2.05. The van der Waals surface area contributed by atoms with E-state index >= 15 is 0 Å². The third-order valence-electron chi connectivity index (χ3n) is 2.19. The summed E-state index contributed by atoms with van der Waals surface area (Å²) in [6, 6.07) is 9.75. The summed E-state index contributed by atoms with van der Waals surface area (Å²) in [5.41, 5.74) is 8.36. The molecule has 0 atom stereocenters. The van der Waals surface area contributed by atoms with Gasteiger partial charge >= 0.3 is 0 Å². The van der Waals surface area contributed by atoms with E-state index in [1.54, 1.807) is 6.07 Å². The minimum Gasteiger partial charge on any atom is -0.378 e. The molecule has 0 aliphatic carbocycles. The number of aromatic nitrogens is 1. The first-order valence-corrected chi connectivity index (χ1v) is 4.67. The van der Waals surface area contributed by atoms with Crippen LogP contribution in [0.3, 0.4) is 0 Å². The van der Waals surface area contributed by atoms with Crippen molar-refractivity contribution in [2.24, 2.45) is 0 Å². The van der Waals surface area contributed by atoms with E-state index in [2.05, 4.69) is 5.16 Å². The largest absolute Gasteiger partial charge is 0.378 e. The molecular weight excluding hydrogens is 190 g/mol. The summed E-state index contributed by atoms with van der Waals surface area (Å²) < 4.78 is 4.83. The highest BCUT2D eigenvalue weighted by molar-refractivity contribution is 5.66. The van der Waals surface area contributed by atoms with Gasteiger partial charge in [-0.15, -0.1) is 0 Å². The summed E-state index contributed by atoms with van der Waals surface area (Å²) in [7, 11) is 3.99. The predicted octanol–water partition coefficient (Wildman–Crippen LogP) is 1.99. The third kappa shape index (κ3) is 1.93. The monoisotopic (exact) mass is 203 g/mol. The molecule has 0 radical (unpaired) electrons. The first-order chi connectivity index (χ1) is 7.16. The van der Waals surface area contributed by atoms with Crippen molar-refractivity contribution in [1.29, 1.82) is 0 Å². The Kier molecular flexibility index (Phi) is 2.33. The number of rotatable bonds is 2. The lowest BCUT2D eigenvalue weighted by Gasteiger charge is -2.12.